The van der Waals surface area contributed by atoms with E-state index in [1.807, 2.05) is 12.1 Å². The first-order chi connectivity index (χ1) is 17.1. The maximum Gasteiger partial charge on any atom is 0.431 e. The summed E-state index contributed by atoms with van der Waals surface area (Å²) in [6.07, 6.45) is -4.29. The van der Waals surface area contributed by atoms with Gasteiger partial charge in [-0.3, -0.25) is 0 Å². The molecule has 0 aliphatic carbocycles. The van der Waals surface area contributed by atoms with E-state index in [9.17, 15) is 27.2 Å². The van der Waals surface area contributed by atoms with Gasteiger partial charge in [0.25, 0.3) is 0 Å². The zero-order chi connectivity index (χ0) is 26.0. The number of allylic oxidation sites excluding steroid dienone is 2. The molecule has 2 atom stereocenters. The lowest BCUT2D eigenvalue weighted by Gasteiger charge is -2.32. The fraction of sp³-hybridized carbons (Fsp3) is 0.308. The van der Waals surface area contributed by atoms with E-state index in [0.29, 0.717) is 18.6 Å². The Bertz CT molecular complexity index is 1250. The Morgan fingerprint density at radius 2 is 1.67 bits per heavy atom. The average Bonchev–Trinajstić information content (AvgIpc) is 3.66. The number of dihydropyridines is 1. The van der Waals surface area contributed by atoms with Crippen molar-refractivity contribution in [1.29, 1.82) is 0 Å². The molecule has 0 radical (unpaired) electrons. The predicted molar refractivity (Wildman–Crippen MR) is 120 cm³/mol. The highest BCUT2D eigenvalue weighted by Gasteiger charge is 2.48. The number of alkyl halides is 3. The molecule has 0 amide bonds. The molecule has 2 aliphatic rings. The minimum absolute atomic E-state index is 0.0910. The monoisotopic (exact) mass is 505 g/mol. The largest absolute Gasteiger partial charge is 0.466 e. The summed E-state index contributed by atoms with van der Waals surface area (Å²) < 4.78 is 72.0. The van der Waals surface area contributed by atoms with E-state index in [2.05, 4.69) is 10.1 Å². The standard InChI is InChI=1S/C26H23F4NO5/c1-14-20(25(33)36-12-16-8-4-3-7-15(16)11-17-13-35-17)21(18-9-5-6-10-19(18)27)22(24(32)34-2)23(31-14)26(28,29)30/h3-10,17,21,31H,11-13H2,1-2H3. The number of methoxy groups -OCH3 is 1. The fourth-order valence-electron chi connectivity index (χ4n) is 4.22. The molecule has 4 rings (SSSR count). The molecule has 36 heavy (non-hydrogen) atoms. The Labute approximate surface area is 204 Å². The van der Waals surface area contributed by atoms with Crippen molar-refractivity contribution in [3.8, 4) is 0 Å². The van der Waals surface area contributed by atoms with Gasteiger partial charge in [-0.15, -0.1) is 0 Å². The molecule has 0 bridgehead atoms. The lowest BCUT2D eigenvalue weighted by molar-refractivity contribution is -0.141. The van der Waals surface area contributed by atoms with Crippen LogP contribution in [0.25, 0.3) is 0 Å². The van der Waals surface area contributed by atoms with Crippen LogP contribution in [0, 0.1) is 5.82 Å². The second kappa shape index (κ2) is 10.1. The van der Waals surface area contributed by atoms with E-state index in [1.54, 1.807) is 12.1 Å². The highest BCUT2D eigenvalue weighted by atomic mass is 19.4. The quantitative estimate of drug-likeness (QED) is 0.340. The van der Waals surface area contributed by atoms with Crippen LogP contribution in [0.2, 0.25) is 0 Å². The van der Waals surface area contributed by atoms with Gasteiger partial charge in [0.15, 0.2) is 0 Å². The molecule has 2 aromatic carbocycles. The molecule has 1 saturated heterocycles. The molecule has 2 aromatic rings. The normalized spacial score (nSPS) is 19.6. The highest BCUT2D eigenvalue weighted by molar-refractivity contribution is 6.00. The van der Waals surface area contributed by atoms with E-state index in [4.69, 9.17) is 9.47 Å². The summed E-state index contributed by atoms with van der Waals surface area (Å²) in [6, 6.07) is 12.2. The van der Waals surface area contributed by atoms with Crippen LogP contribution in [0.4, 0.5) is 17.6 Å². The van der Waals surface area contributed by atoms with Crippen LogP contribution in [-0.2, 0) is 36.8 Å². The fourth-order valence-corrected chi connectivity index (χ4v) is 4.22. The van der Waals surface area contributed by atoms with Gasteiger partial charge in [-0.05, 0) is 24.1 Å². The molecule has 6 nitrogen and oxygen atoms in total. The van der Waals surface area contributed by atoms with Crippen LogP contribution in [-0.4, -0.2) is 37.9 Å². The van der Waals surface area contributed by atoms with Crippen molar-refractivity contribution in [3.05, 3.63) is 93.6 Å². The van der Waals surface area contributed by atoms with Crippen molar-refractivity contribution < 1.29 is 41.4 Å². The minimum atomic E-state index is -5.01. The third-order valence-electron chi connectivity index (χ3n) is 6.02. The summed E-state index contributed by atoms with van der Waals surface area (Å²) in [4.78, 5) is 25.9. The van der Waals surface area contributed by atoms with Gasteiger partial charge in [0.2, 0.25) is 0 Å². The second-order valence-corrected chi connectivity index (χ2v) is 8.40. The number of rotatable bonds is 7. The van der Waals surface area contributed by atoms with Crippen LogP contribution in [0.5, 0.6) is 0 Å². The summed E-state index contributed by atoms with van der Waals surface area (Å²) in [5, 5.41) is 2.11. The summed E-state index contributed by atoms with van der Waals surface area (Å²) in [7, 11) is 0.908. The number of carbonyl (C=O) groups is 2. The van der Waals surface area contributed by atoms with Gasteiger partial charge in [-0.2, -0.15) is 13.2 Å². The number of ether oxygens (including phenoxy) is 3. The maximum atomic E-state index is 14.9. The third-order valence-corrected chi connectivity index (χ3v) is 6.02. The SMILES string of the molecule is COC(=O)C1=C(C(F)(F)F)NC(C)=C(C(=O)OCc2ccccc2CC2CO2)C1c1ccccc1F. The highest BCUT2D eigenvalue weighted by Crippen LogP contribution is 2.44. The number of carbonyl (C=O) groups excluding carboxylic acids is 2. The molecule has 0 saturated carbocycles. The van der Waals surface area contributed by atoms with Crippen LogP contribution in [0.1, 0.15) is 29.5 Å². The van der Waals surface area contributed by atoms with Crippen LogP contribution in [0.3, 0.4) is 0 Å². The number of benzene rings is 2. The van der Waals surface area contributed by atoms with Gasteiger partial charge in [0, 0.05) is 17.7 Å². The smallest absolute Gasteiger partial charge is 0.431 e. The topological polar surface area (TPSA) is 77.2 Å². The van der Waals surface area contributed by atoms with Gasteiger partial charge >= 0.3 is 18.1 Å². The first-order valence-corrected chi connectivity index (χ1v) is 11.1. The summed E-state index contributed by atoms with van der Waals surface area (Å²) >= 11 is 0. The van der Waals surface area contributed by atoms with Crippen molar-refractivity contribution in [1.82, 2.24) is 5.32 Å². The first-order valence-electron chi connectivity index (χ1n) is 11.1. The van der Waals surface area contributed by atoms with Crippen molar-refractivity contribution in [2.75, 3.05) is 13.7 Å². The number of esters is 2. The second-order valence-electron chi connectivity index (χ2n) is 8.40. The van der Waals surface area contributed by atoms with Gasteiger partial charge < -0.3 is 19.5 Å². The van der Waals surface area contributed by atoms with Crippen LogP contribution >= 0.6 is 0 Å². The molecule has 2 aliphatic heterocycles. The molecule has 0 aromatic heterocycles. The number of epoxide rings is 1. The van der Waals surface area contributed by atoms with E-state index in [0.717, 1.165) is 18.7 Å². The van der Waals surface area contributed by atoms with E-state index in [1.165, 1.54) is 25.1 Å². The van der Waals surface area contributed by atoms with Crippen molar-refractivity contribution in [3.63, 3.8) is 0 Å². The number of hydrogen-bond acceptors (Lipinski definition) is 6. The van der Waals surface area contributed by atoms with Gasteiger partial charge in [0.1, 0.15) is 18.1 Å². The average molecular weight is 505 g/mol. The Balaban J connectivity index is 1.73. The first kappa shape index (κ1) is 25.4. The minimum Gasteiger partial charge on any atom is -0.466 e. The lowest BCUT2D eigenvalue weighted by atomic mass is 9.80. The maximum absolute atomic E-state index is 14.9. The molecule has 190 valence electrons. The van der Waals surface area contributed by atoms with E-state index in [-0.39, 0.29) is 29.5 Å². The Kier molecular flexibility index (Phi) is 7.16. The summed E-state index contributed by atoms with van der Waals surface area (Å²) in [5.74, 6) is -4.94. The Morgan fingerprint density at radius 1 is 1.03 bits per heavy atom. The lowest BCUT2D eigenvalue weighted by Crippen LogP contribution is -2.38. The van der Waals surface area contributed by atoms with Crippen molar-refractivity contribution in [2.24, 2.45) is 0 Å². The summed E-state index contributed by atoms with van der Waals surface area (Å²) in [5.41, 5.74) is -1.58. The van der Waals surface area contributed by atoms with E-state index >= 15 is 0 Å². The van der Waals surface area contributed by atoms with Crippen LogP contribution < -0.4 is 5.32 Å². The zero-order valence-electron chi connectivity index (χ0n) is 19.4. The summed E-state index contributed by atoms with van der Waals surface area (Å²) in [6.45, 7) is 1.70. The molecule has 2 unspecified atom stereocenters. The molecule has 1 fully saturated rings. The number of hydrogen-bond donors (Lipinski definition) is 1. The Hall–Kier alpha value is -3.66. The zero-order valence-corrected chi connectivity index (χ0v) is 19.4. The Morgan fingerprint density at radius 3 is 2.28 bits per heavy atom. The third kappa shape index (κ3) is 5.28. The van der Waals surface area contributed by atoms with Gasteiger partial charge in [-0.1, -0.05) is 42.5 Å². The molecule has 1 N–H and O–H groups in total. The van der Waals surface area contributed by atoms with Gasteiger partial charge in [-0.25, -0.2) is 14.0 Å². The molecular weight excluding hydrogens is 482 g/mol. The molecule has 10 heteroatoms. The molecular formula is C26H23F4NO5. The van der Waals surface area contributed by atoms with E-state index < -0.39 is 41.1 Å². The van der Waals surface area contributed by atoms with Gasteiger partial charge in [0.05, 0.1) is 36.9 Å². The number of nitrogens with one attached hydrogen (secondary N) is 1. The van der Waals surface area contributed by atoms with Crippen molar-refractivity contribution in [2.45, 2.75) is 38.1 Å². The molecule has 2 heterocycles. The van der Waals surface area contributed by atoms with Crippen molar-refractivity contribution >= 4 is 11.9 Å². The van der Waals surface area contributed by atoms with Crippen LogP contribution in [0.15, 0.2) is 71.1 Å². The number of halogens is 4. The predicted octanol–water partition coefficient (Wildman–Crippen LogP) is 4.46. The molecule has 0 spiro atoms.